The van der Waals surface area contributed by atoms with Gasteiger partial charge in [-0.25, -0.2) is 38.7 Å². The van der Waals surface area contributed by atoms with Gasteiger partial charge < -0.3 is 10.2 Å². The van der Waals surface area contributed by atoms with Gasteiger partial charge in [0.15, 0.2) is 0 Å². The highest BCUT2D eigenvalue weighted by Crippen LogP contribution is 2.13. The Hall–Kier alpha value is -2.72. The summed E-state index contributed by atoms with van der Waals surface area (Å²) >= 11 is 0. The van der Waals surface area contributed by atoms with Crippen molar-refractivity contribution in [2.45, 2.75) is 12.5 Å². The third-order valence-corrected chi connectivity index (χ3v) is 2.10. The van der Waals surface area contributed by atoms with E-state index in [-0.39, 0.29) is 0 Å². The molecule has 0 spiro atoms. The highest BCUT2D eigenvalue weighted by molar-refractivity contribution is 5.84. The molecule has 0 saturated carbocycles. The minimum Gasteiger partial charge on any atom is -0.394 e. The fourth-order valence-electron chi connectivity index (χ4n) is 1.02. The molecule has 0 saturated heterocycles. The zero-order chi connectivity index (χ0) is 17.1. The number of aliphatic hydroxyl groups is 2. The standard InChI is InChI=1S/C12H14O10/c1-3-9(15)19-21-11(17)5-7(8(14)6-13)12(18)22-20-10(16)4-2/h3-4,7-8,13-14H,1-2,5-6H2. The van der Waals surface area contributed by atoms with Crippen LogP contribution in [0.1, 0.15) is 6.42 Å². The second-order valence-electron chi connectivity index (χ2n) is 3.63. The lowest BCUT2D eigenvalue weighted by Gasteiger charge is -2.17. The minimum absolute atomic E-state index is 0.702. The van der Waals surface area contributed by atoms with Gasteiger partial charge in [0, 0.05) is 12.2 Å². The van der Waals surface area contributed by atoms with E-state index in [4.69, 9.17) is 5.11 Å². The smallest absolute Gasteiger partial charge is 0.378 e. The van der Waals surface area contributed by atoms with Gasteiger partial charge in [0.2, 0.25) is 0 Å². The van der Waals surface area contributed by atoms with Gasteiger partial charge in [-0.1, -0.05) is 13.2 Å². The lowest BCUT2D eigenvalue weighted by Crippen LogP contribution is -2.35. The second kappa shape index (κ2) is 10.1. The van der Waals surface area contributed by atoms with Crippen LogP contribution in [0.15, 0.2) is 25.3 Å². The van der Waals surface area contributed by atoms with Crippen molar-refractivity contribution >= 4 is 23.9 Å². The lowest BCUT2D eigenvalue weighted by atomic mass is 9.99. The molecule has 122 valence electrons. The molecule has 10 nitrogen and oxygen atoms in total. The summed E-state index contributed by atoms with van der Waals surface area (Å²) in [5.41, 5.74) is 0. The Bertz CT molecular complexity index is 455. The van der Waals surface area contributed by atoms with Crippen LogP contribution in [0.2, 0.25) is 0 Å². The van der Waals surface area contributed by atoms with Crippen molar-refractivity contribution in [3.05, 3.63) is 25.3 Å². The van der Waals surface area contributed by atoms with E-state index in [0.717, 1.165) is 6.08 Å². The molecule has 10 heteroatoms. The number of aliphatic hydroxyl groups excluding tert-OH is 2. The molecule has 0 aromatic carbocycles. The van der Waals surface area contributed by atoms with E-state index in [1.165, 1.54) is 0 Å². The van der Waals surface area contributed by atoms with Crippen molar-refractivity contribution in [2.24, 2.45) is 5.92 Å². The summed E-state index contributed by atoms with van der Waals surface area (Å²) in [5.74, 6) is -6.33. The van der Waals surface area contributed by atoms with E-state index in [1.807, 2.05) is 0 Å². The molecular formula is C12H14O10. The van der Waals surface area contributed by atoms with Gasteiger partial charge >= 0.3 is 23.9 Å². The molecule has 0 radical (unpaired) electrons. The maximum Gasteiger partial charge on any atom is 0.378 e. The SMILES string of the molecule is C=CC(=O)OOC(=O)CC(C(=O)OOC(=O)C=C)C(O)CO. The fourth-order valence-corrected chi connectivity index (χ4v) is 1.02. The molecular weight excluding hydrogens is 304 g/mol. The van der Waals surface area contributed by atoms with Crippen molar-refractivity contribution in [3.63, 3.8) is 0 Å². The lowest BCUT2D eigenvalue weighted by molar-refractivity contribution is -0.265. The Morgan fingerprint density at radius 3 is 1.91 bits per heavy atom. The summed E-state index contributed by atoms with van der Waals surface area (Å²) in [5, 5.41) is 18.3. The van der Waals surface area contributed by atoms with E-state index >= 15 is 0 Å². The van der Waals surface area contributed by atoms with Crippen LogP contribution in [0, 0.1) is 5.92 Å². The van der Waals surface area contributed by atoms with Crippen molar-refractivity contribution in [1.82, 2.24) is 0 Å². The van der Waals surface area contributed by atoms with Crippen LogP contribution in [0.4, 0.5) is 0 Å². The minimum atomic E-state index is -1.71. The third kappa shape index (κ3) is 7.17. The summed E-state index contributed by atoms with van der Waals surface area (Å²) < 4.78 is 0. The number of carbonyl (C=O) groups excluding carboxylic acids is 4. The van der Waals surface area contributed by atoms with E-state index < -0.39 is 48.9 Å². The highest BCUT2D eigenvalue weighted by Gasteiger charge is 2.33. The van der Waals surface area contributed by atoms with Gasteiger partial charge in [0.25, 0.3) is 0 Å². The van der Waals surface area contributed by atoms with Gasteiger partial charge in [0.05, 0.1) is 19.1 Å². The Labute approximate surface area is 124 Å². The molecule has 0 aromatic heterocycles. The maximum atomic E-state index is 11.6. The molecule has 2 N–H and O–H groups in total. The number of rotatable bonds is 7. The quantitative estimate of drug-likeness (QED) is 0.330. The predicted octanol–water partition coefficient (Wildman–Crippen LogP) is -1.28. The normalized spacial score (nSPS) is 12.3. The molecule has 0 aromatic rings. The average Bonchev–Trinajstić information content (AvgIpc) is 2.53. The van der Waals surface area contributed by atoms with Crippen molar-refractivity contribution in [3.8, 4) is 0 Å². The Balaban J connectivity index is 4.62. The third-order valence-electron chi connectivity index (χ3n) is 2.10. The van der Waals surface area contributed by atoms with Gasteiger partial charge in [-0.3, -0.25) is 0 Å². The molecule has 0 aliphatic heterocycles. The summed E-state index contributed by atoms with van der Waals surface area (Å²) in [6, 6.07) is 0. The van der Waals surface area contributed by atoms with Crippen LogP contribution in [-0.4, -0.2) is 46.8 Å². The first-order valence-corrected chi connectivity index (χ1v) is 5.73. The maximum absolute atomic E-state index is 11.6. The summed E-state index contributed by atoms with van der Waals surface area (Å²) in [6.45, 7) is 5.20. The number of hydrogen-bond donors (Lipinski definition) is 2. The molecule has 0 amide bonds. The van der Waals surface area contributed by atoms with Crippen molar-refractivity contribution in [2.75, 3.05) is 6.61 Å². The van der Waals surface area contributed by atoms with E-state index in [0.29, 0.717) is 6.08 Å². The van der Waals surface area contributed by atoms with Gasteiger partial charge in [-0.2, -0.15) is 0 Å². The largest absolute Gasteiger partial charge is 0.394 e. The van der Waals surface area contributed by atoms with Crippen LogP contribution in [-0.2, 0) is 38.7 Å². The second-order valence-corrected chi connectivity index (χ2v) is 3.63. The number of carbonyl (C=O) groups is 4. The summed E-state index contributed by atoms with van der Waals surface area (Å²) in [7, 11) is 0. The molecule has 22 heavy (non-hydrogen) atoms. The molecule has 0 aliphatic rings. The zero-order valence-electron chi connectivity index (χ0n) is 11.3. The van der Waals surface area contributed by atoms with Crippen molar-refractivity contribution in [1.29, 1.82) is 0 Å². The van der Waals surface area contributed by atoms with Gasteiger partial charge in [0.1, 0.15) is 5.92 Å². The van der Waals surface area contributed by atoms with Crippen LogP contribution in [0.25, 0.3) is 0 Å². The molecule has 0 bridgehead atoms. The van der Waals surface area contributed by atoms with E-state index in [2.05, 4.69) is 32.7 Å². The summed E-state index contributed by atoms with van der Waals surface area (Å²) in [4.78, 5) is 60.3. The Morgan fingerprint density at radius 1 is 0.955 bits per heavy atom. The first-order valence-electron chi connectivity index (χ1n) is 5.73. The molecule has 0 heterocycles. The molecule has 0 rings (SSSR count). The van der Waals surface area contributed by atoms with E-state index in [1.54, 1.807) is 0 Å². The molecule has 0 aliphatic carbocycles. The number of hydrogen-bond acceptors (Lipinski definition) is 10. The topological polar surface area (TPSA) is 146 Å². The highest BCUT2D eigenvalue weighted by atomic mass is 17.2. The van der Waals surface area contributed by atoms with Crippen molar-refractivity contribution < 1.29 is 48.9 Å². The van der Waals surface area contributed by atoms with Crippen LogP contribution in [0.5, 0.6) is 0 Å². The monoisotopic (exact) mass is 318 g/mol. The van der Waals surface area contributed by atoms with E-state index in [9.17, 15) is 24.3 Å². The van der Waals surface area contributed by atoms with Crippen LogP contribution in [0.3, 0.4) is 0 Å². The van der Waals surface area contributed by atoms with Gasteiger partial charge in [-0.15, -0.1) is 0 Å². The molecule has 0 fully saturated rings. The molecule has 2 unspecified atom stereocenters. The summed E-state index contributed by atoms with van der Waals surface area (Å²) in [6.07, 6.45) is -1.11. The average molecular weight is 318 g/mol. The zero-order valence-corrected chi connectivity index (χ0v) is 11.3. The molecule has 2 atom stereocenters. The van der Waals surface area contributed by atoms with Gasteiger partial charge in [-0.05, 0) is 0 Å². The van der Waals surface area contributed by atoms with Crippen LogP contribution >= 0.6 is 0 Å². The predicted molar refractivity (Wildman–Crippen MR) is 66.0 cm³/mol. The first-order chi connectivity index (χ1) is 10.3. The fraction of sp³-hybridized carbons (Fsp3) is 0.333. The first kappa shape index (κ1) is 19.3. The Kier molecular flexibility index (Phi) is 8.83. The Morgan fingerprint density at radius 2 is 1.45 bits per heavy atom. The van der Waals surface area contributed by atoms with Crippen LogP contribution < -0.4 is 0 Å².